The first-order chi connectivity index (χ1) is 7.16. The highest BCUT2D eigenvalue weighted by Gasteiger charge is 2.19. The number of nitrogens with one attached hydrogen (secondary N) is 1. The molecule has 1 N–H and O–H groups in total. The Hall–Kier alpha value is -1.13. The smallest absolute Gasteiger partial charge is 0.269 e. The third-order valence-electron chi connectivity index (χ3n) is 2.61. The predicted molar refractivity (Wildman–Crippen MR) is 58.2 cm³/mol. The lowest BCUT2D eigenvalue weighted by Gasteiger charge is -2.27. The van der Waals surface area contributed by atoms with Gasteiger partial charge in [-0.1, -0.05) is 11.6 Å². The van der Waals surface area contributed by atoms with Crippen molar-refractivity contribution < 1.29 is 4.92 Å². The third-order valence-corrected chi connectivity index (χ3v) is 2.98. The maximum absolute atomic E-state index is 10.6. The number of benzene rings is 1. The topological polar surface area (TPSA) is 55.2 Å². The van der Waals surface area contributed by atoms with Crippen molar-refractivity contribution in [2.24, 2.45) is 5.92 Å². The van der Waals surface area contributed by atoms with Gasteiger partial charge in [0.1, 0.15) is 0 Å². The molecule has 4 nitrogen and oxygen atoms in total. The van der Waals surface area contributed by atoms with Crippen LogP contribution < -0.4 is 5.32 Å². The van der Waals surface area contributed by atoms with Crippen molar-refractivity contribution >= 4 is 17.3 Å². The van der Waals surface area contributed by atoms with Crippen LogP contribution in [0.2, 0.25) is 5.02 Å². The zero-order chi connectivity index (χ0) is 10.8. The molecule has 1 aliphatic heterocycles. The molecule has 0 amide bonds. The van der Waals surface area contributed by atoms with Crippen LogP contribution in [-0.4, -0.2) is 18.0 Å². The summed E-state index contributed by atoms with van der Waals surface area (Å²) in [7, 11) is 0. The summed E-state index contributed by atoms with van der Waals surface area (Å²) in [6.07, 6.45) is 0.813. The molecule has 1 fully saturated rings. The van der Waals surface area contributed by atoms with Gasteiger partial charge in [0, 0.05) is 17.2 Å². The molecule has 1 aromatic rings. The van der Waals surface area contributed by atoms with Gasteiger partial charge in [0.2, 0.25) is 0 Å². The molecule has 1 heterocycles. The van der Waals surface area contributed by atoms with E-state index in [2.05, 4.69) is 5.32 Å². The number of nitro groups is 1. The van der Waals surface area contributed by atoms with Gasteiger partial charge in [0.25, 0.3) is 5.69 Å². The van der Waals surface area contributed by atoms with Crippen molar-refractivity contribution in [3.63, 3.8) is 0 Å². The lowest BCUT2D eigenvalue weighted by Crippen LogP contribution is -2.43. The van der Waals surface area contributed by atoms with Crippen molar-refractivity contribution in [2.75, 3.05) is 13.1 Å². The Morgan fingerprint density at radius 2 is 2.27 bits per heavy atom. The molecule has 0 aromatic heterocycles. The highest BCUT2D eigenvalue weighted by Crippen LogP contribution is 2.25. The fourth-order valence-corrected chi connectivity index (χ4v) is 1.83. The predicted octanol–water partition coefficient (Wildman–Crippen LogP) is 2.01. The van der Waals surface area contributed by atoms with Gasteiger partial charge >= 0.3 is 0 Å². The van der Waals surface area contributed by atoms with E-state index in [1.165, 1.54) is 6.07 Å². The van der Waals surface area contributed by atoms with Crippen molar-refractivity contribution in [3.05, 3.63) is 38.9 Å². The Morgan fingerprint density at radius 1 is 1.53 bits per heavy atom. The minimum Gasteiger partial charge on any atom is -0.316 e. The van der Waals surface area contributed by atoms with Crippen LogP contribution in [0.4, 0.5) is 5.69 Å². The lowest BCUT2D eigenvalue weighted by atomic mass is 9.94. The van der Waals surface area contributed by atoms with E-state index in [4.69, 9.17) is 11.6 Å². The second-order valence-electron chi connectivity index (χ2n) is 3.76. The molecule has 0 saturated carbocycles. The van der Waals surface area contributed by atoms with Gasteiger partial charge < -0.3 is 5.32 Å². The van der Waals surface area contributed by atoms with Crippen LogP contribution in [0.5, 0.6) is 0 Å². The van der Waals surface area contributed by atoms with E-state index in [9.17, 15) is 10.1 Å². The van der Waals surface area contributed by atoms with Gasteiger partial charge in [0.05, 0.1) is 4.92 Å². The van der Waals surface area contributed by atoms with Gasteiger partial charge in [-0.15, -0.1) is 0 Å². The molecule has 1 aliphatic rings. The molecular formula is C10H11ClN2O2. The second-order valence-corrected chi connectivity index (χ2v) is 4.17. The second kappa shape index (κ2) is 4.16. The highest BCUT2D eigenvalue weighted by molar-refractivity contribution is 6.31. The fraction of sp³-hybridized carbons (Fsp3) is 0.400. The average molecular weight is 227 g/mol. The molecule has 0 aliphatic carbocycles. The Morgan fingerprint density at radius 3 is 2.80 bits per heavy atom. The summed E-state index contributed by atoms with van der Waals surface area (Å²) < 4.78 is 0. The van der Waals surface area contributed by atoms with Crippen molar-refractivity contribution in [1.29, 1.82) is 0 Å². The van der Waals surface area contributed by atoms with E-state index in [1.807, 2.05) is 0 Å². The zero-order valence-electron chi connectivity index (χ0n) is 8.07. The van der Waals surface area contributed by atoms with E-state index in [1.54, 1.807) is 12.1 Å². The molecular weight excluding hydrogens is 216 g/mol. The van der Waals surface area contributed by atoms with E-state index < -0.39 is 4.92 Å². The lowest BCUT2D eigenvalue weighted by molar-refractivity contribution is -0.384. The van der Waals surface area contributed by atoms with Crippen LogP contribution in [0.15, 0.2) is 18.2 Å². The zero-order valence-corrected chi connectivity index (χ0v) is 8.83. The summed E-state index contributed by atoms with van der Waals surface area (Å²) in [6, 6.07) is 4.60. The minimum absolute atomic E-state index is 0.113. The van der Waals surface area contributed by atoms with Crippen LogP contribution in [0.1, 0.15) is 5.56 Å². The summed E-state index contributed by atoms with van der Waals surface area (Å²) >= 11 is 5.98. The molecule has 1 aromatic carbocycles. The van der Waals surface area contributed by atoms with Crippen molar-refractivity contribution in [3.8, 4) is 0 Å². The summed E-state index contributed by atoms with van der Waals surface area (Å²) in [5, 5.41) is 14.4. The Labute approximate surface area is 92.4 Å². The Bertz CT molecular complexity index is 391. The van der Waals surface area contributed by atoms with Gasteiger partial charge in [0.15, 0.2) is 0 Å². The number of non-ortho nitro benzene ring substituents is 1. The number of nitro benzene ring substituents is 1. The first-order valence-corrected chi connectivity index (χ1v) is 5.18. The molecule has 0 radical (unpaired) electrons. The summed E-state index contributed by atoms with van der Waals surface area (Å²) in [6.45, 7) is 1.94. The van der Waals surface area contributed by atoms with E-state index in [0.29, 0.717) is 10.9 Å². The number of hydrogen-bond acceptors (Lipinski definition) is 3. The van der Waals surface area contributed by atoms with Crippen LogP contribution in [0.25, 0.3) is 0 Å². The van der Waals surface area contributed by atoms with E-state index in [-0.39, 0.29) is 5.69 Å². The molecule has 0 bridgehead atoms. The Kier molecular flexibility index (Phi) is 2.88. The maximum Gasteiger partial charge on any atom is 0.269 e. The number of nitrogens with zero attached hydrogens (tertiary/aromatic N) is 1. The summed E-state index contributed by atoms with van der Waals surface area (Å²) in [4.78, 5) is 10.2. The molecule has 80 valence electrons. The number of rotatable bonds is 3. The van der Waals surface area contributed by atoms with Crippen LogP contribution in [0.3, 0.4) is 0 Å². The van der Waals surface area contributed by atoms with Crippen LogP contribution >= 0.6 is 11.6 Å². The van der Waals surface area contributed by atoms with Gasteiger partial charge in [-0.05, 0) is 37.1 Å². The normalized spacial score (nSPS) is 16.1. The average Bonchev–Trinajstić information content (AvgIpc) is 2.13. The number of halogens is 1. The quantitative estimate of drug-likeness (QED) is 0.634. The SMILES string of the molecule is O=[N+]([O-])c1ccc(Cl)c(CC2CNC2)c1. The fourth-order valence-electron chi connectivity index (χ4n) is 1.63. The summed E-state index contributed by atoms with van der Waals surface area (Å²) in [5.41, 5.74) is 0.985. The summed E-state index contributed by atoms with van der Waals surface area (Å²) in [5.74, 6) is 0.560. The van der Waals surface area contributed by atoms with Crippen molar-refractivity contribution in [1.82, 2.24) is 5.32 Å². The molecule has 0 unspecified atom stereocenters. The monoisotopic (exact) mass is 226 g/mol. The van der Waals surface area contributed by atoms with Gasteiger partial charge in [-0.3, -0.25) is 10.1 Å². The van der Waals surface area contributed by atoms with Crippen molar-refractivity contribution in [2.45, 2.75) is 6.42 Å². The molecule has 2 rings (SSSR count). The van der Waals surface area contributed by atoms with E-state index >= 15 is 0 Å². The molecule has 5 heteroatoms. The maximum atomic E-state index is 10.6. The first-order valence-electron chi connectivity index (χ1n) is 4.80. The van der Waals surface area contributed by atoms with Gasteiger partial charge in [-0.25, -0.2) is 0 Å². The molecule has 15 heavy (non-hydrogen) atoms. The molecule has 0 atom stereocenters. The number of hydrogen-bond donors (Lipinski definition) is 1. The standard InChI is InChI=1S/C10H11ClN2O2/c11-10-2-1-9(13(14)15)4-8(10)3-7-5-12-6-7/h1-2,4,7,12H,3,5-6H2. The van der Waals surface area contributed by atoms with Crippen LogP contribution in [-0.2, 0) is 6.42 Å². The highest BCUT2D eigenvalue weighted by atomic mass is 35.5. The van der Waals surface area contributed by atoms with Gasteiger partial charge in [-0.2, -0.15) is 0 Å². The molecule has 1 saturated heterocycles. The largest absolute Gasteiger partial charge is 0.316 e. The van der Waals surface area contributed by atoms with Crippen LogP contribution in [0, 0.1) is 16.0 Å². The minimum atomic E-state index is -0.390. The third kappa shape index (κ3) is 2.27. The Balaban J connectivity index is 2.19. The van der Waals surface area contributed by atoms with E-state index in [0.717, 1.165) is 25.1 Å². The molecule has 0 spiro atoms. The first kappa shape index (κ1) is 10.4.